The molecule has 0 aliphatic rings. The highest BCUT2D eigenvalue weighted by Crippen LogP contribution is 2.31. The zero-order valence-corrected chi connectivity index (χ0v) is 17.9. The first-order chi connectivity index (χ1) is 13.9. The third-order valence-corrected chi connectivity index (χ3v) is 4.93. The number of ether oxygens (including phenoxy) is 3. The van der Waals surface area contributed by atoms with Crippen LogP contribution in [0.5, 0.6) is 11.5 Å². The summed E-state index contributed by atoms with van der Waals surface area (Å²) in [5.74, 6) is 3.31. The standard InChI is InChI=1S/C23H27NO4S/c1-5-15-27-20-12-9-18(16-21(20)26-4)13-14-24-22(25)23(29,28-6-2)19-10-7-17(3)8-11-19/h1,7-12,16,29H,6,13-15H2,2-4H3,(H,24,25). The van der Waals surface area contributed by atoms with Gasteiger partial charge in [-0.2, -0.15) is 0 Å². The molecule has 2 rings (SSSR count). The van der Waals surface area contributed by atoms with E-state index >= 15 is 0 Å². The van der Waals surface area contributed by atoms with E-state index in [1.165, 1.54) is 0 Å². The van der Waals surface area contributed by atoms with Crippen molar-refractivity contribution in [2.45, 2.75) is 25.2 Å². The zero-order chi connectivity index (χ0) is 21.3. The lowest BCUT2D eigenvalue weighted by molar-refractivity contribution is -0.136. The SMILES string of the molecule is C#CCOc1ccc(CCNC(=O)C(S)(OCC)c2ccc(C)cc2)cc1OC. The number of amides is 1. The van der Waals surface area contributed by atoms with E-state index in [1.807, 2.05) is 56.3 Å². The van der Waals surface area contributed by atoms with Crippen LogP contribution >= 0.6 is 12.6 Å². The fraction of sp³-hybridized carbons (Fsp3) is 0.348. The molecule has 0 fully saturated rings. The molecule has 2 aromatic carbocycles. The summed E-state index contributed by atoms with van der Waals surface area (Å²) in [5, 5.41) is 2.92. The average Bonchev–Trinajstić information content (AvgIpc) is 2.73. The van der Waals surface area contributed by atoms with E-state index in [9.17, 15) is 4.79 Å². The van der Waals surface area contributed by atoms with E-state index < -0.39 is 4.93 Å². The van der Waals surface area contributed by atoms with Gasteiger partial charge in [0.25, 0.3) is 5.91 Å². The fourth-order valence-electron chi connectivity index (χ4n) is 2.81. The molecule has 1 atom stereocenters. The first-order valence-corrected chi connectivity index (χ1v) is 9.84. The molecule has 5 nitrogen and oxygen atoms in total. The molecule has 0 bridgehead atoms. The highest BCUT2D eigenvalue weighted by atomic mass is 32.1. The predicted molar refractivity (Wildman–Crippen MR) is 118 cm³/mol. The maximum Gasteiger partial charge on any atom is 0.267 e. The van der Waals surface area contributed by atoms with Crippen LogP contribution in [0.2, 0.25) is 0 Å². The van der Waals surface area contributed by atoms with Crippen molar-refractivity contribution in [1.82, 2.24) is 5.32 Å². The number of benzene rings is 2. The number of nitrogens with one attached hydrogen (secondary N) is 1. The Kier molecular flexibility index (Phi) is 8.44. The van der Waals surface area contributed by atoms with E-state index in [0.717, 1.165) is 11.1 Å². The summed E-state index contributed by atoms with van der Waals surface area (Å²) >= 11 is 4.57. The maximum absolute atomic E-state index is 12.8. The Balaban J connectivity index is 2.03. The molecule has 1 N–H and O–H groups in total. The van der Waals surface area contributed by atoms with Gasteiger partial charge in [0.2, 0.25) is 4.93 Å². The highest BCUT2D eigenvalue weighted by molar-refractivity contribution is 7.82. The Labute approximate surface area is 178 Å². The molecule has 6 heteroatoms. The van der Waals surface area contributed by atoms with Crippen LogP contribution < -0.4 is 14.8 Å². The number of carbonyl (C=O) groups excluding carboxylic acids is 1. The van der Waals surface area contributed by atoms with Crippen molar-refractivity contribution in [3.05, 3.63) is 59.2 Å². The van der Waals surface area contributed by atoms with Gasteiger partial charge in [-0.15, -0.1) is 19.1 Å². The summed E-state index contributed by atoms with van der Waals surface area (Å²) in [7, 11) is 1.57. The van der Waals surface area contributed by atoms with Gasteiger partial charge in [-0.1, -0.05) is 41.8 Å². The lowest BCUT2D eigenvalue weighted by atomic mass is 10.1. The van der Waals surface area contributed by atoms with Gasteiger partial charge in [0.05, 0.1) is 7.11 Å². The van der Waals surface area contributed by atoms with Gasteiger partial charge >= 0.3 is 0 Å². The molecule has 0 heterocycles. The molecular weight excluding hydrogens is 386 g/mol. The highest BCUT2D eigenvalue weighted by Gasteiger charge is 2.37. The van der Waals surface area contributed by atoms with Gasteiger partial charge in [-0.25, -0.2) is 0 Å². The van der Waals surface area contributed by atoms with Crippen LogP contribution in [-0.2, 0) is 20.9 Å². The number of aryl methyl sites for hydroxylation is 1. The average molecular weight is 414 g/mol. The van der Waals surface area contributed by atoms with Crippen LogP contribution in [0.15, 0.2) is 42.5 Å². The number of hydrogen-bond acceptors (Lipinski definition) is 5. The maximum atomic E-state index is 12.8. The normalized spacial score (nSPS) is 12.5. The molecule has 1 unspecified atom stereocenters. The van der Waals surface area contributed by atoms with Gasteiger partial charge in [-0.05, 0) is 38.0 Å². The molecule has 0 saturated heterocycles. The second-order valence-corrected chi connectivity index (χ2v) is 7.06. The molecule has 0 aliphatic carbocycles. The van der Waals surface area contributed by atoms with E-state index in [4.69, 9.17) is 20.6 Å². The van der Waals surface area contributed by atoms with Crippen LogP contribution in [0, 0.1) is 19.3 Å². The second kappa shape index (κ2) is 10.8. The molecular formula is C23H27NO4S. The summed E-state index contributed by atoms with van der Waals surface area (Å²) in [6.45, 7) is 4.78. The summed E-state index contributed by atoms with van der Waals surface area (Å²) < 4.78 is 16.5. The zero-order valence-electron chi connectivity index (χ0n) is 17.0. The van der Waals surface area contributed by atoms with Gasteiger partial charge in [0.15, 0.2) is 11.5 Å². The second-order valence-electron chi connectivity index (χ2n) is 6.43. The van der Waals surface area contributed by atoms with E-state index in [-0.39, 0.29) is 12.5 Å². The largest absolute Gasteiger partial charge is 0.493 e. The Morgan fingerprint density at radius 2 is 1.93 bits per heavy atom. The first kappa shape index (κ1) is 22.7. The number of terminal acetylenes is 1. The number of hydrogen-bond donors (Lipinski definition) is 2. The summed E-state index contributed by atoms with van der Waals surface area (Å²) in [6.07, 6.45) is 5.84. The van der Waals surface area contributed by atoms with Crippen molar-refractivity contribution in [2.24, 2.45) is 0 Å². The predicted octanol–water partition coefficient (Wildman–Crippen LogP) is 3.49. The fourth-order valence-corrected chi connectivity index (χ4v) is 3.17. The minimum atomic E-state index is -1.34. The van der Waals surface area contributed by atoms with Crippen LogP contribution in [0.25, 0.3) is 0 Å². The molecule has 0 aromatic heterocycles. The van der Waals surface area contributed by atoms with Crippen molar-refractivity contribution < 1.29 is 19.0 Å². The molecule has 0 aliphatic heterocycles. The van der Waals surface area contributed by atoms with Crippen molar-refractivity contribution >= 4 is 18.5 Å². The van der Waals surface area contributed by atoms with Gasteiger partial charge < -0.3 is 19.5 Å². The van der Waals surface area contributed by atoms with Gasteiger partial charge in [-0.3, -0.25) is 4.79 Å². The van der Waals surface area contributed by atoms with Crippen LogP contribution in [0.1, 0.15) is 23.6 Å². The quantitative estimate of drug-likeness (QED) is 0.356. The lowest BCUT2D eigenvalue weighted by Crippen LogP contribution is -2.43. The third kappa shape index (κ3) is 5.93. The first-order valence-electron chi connectivity index (χ1n) is 9.39. The summed E-state index contributed by atoms with van der Waals surface area (Å²) in [6, 6.07) is 13.2. The van der Waals surface area contributed by atoms with E-state index in [0.29, 0.717) is 36.6 Å². The summed E-state index contributed by atoms with van der Waals surface area (Å²) in [4.78, 5) is 11.5. The van der Waals surface area contributed by atoms with Crippen LogP contribution in [-0.4, -0.2) is 32.8 Å². The molecule has 0 radical (unpaired) electrons. The van der Waals surface area contributed by atoms with Crippen molar-refractivity contribution in [2.75, 3.05) is 26.9 Å². The Morgan fingerprint density at radius 3 is 2.55 bits per heavy atom. The van der Waals surface area contributed by atoms with Crippen molar-refractivity contribution in [3.8, 4) is 23.8 Å². The topological polar surface area (TPSA) is 56.8 Å². The lowest BCUT2D eigenvalue weighted by Gasteiger charge is -2.27. The van der Waals surface area contributed by atoms with Crippen LogP contribution in [0.3, 0.4) is 0 Å². The molecule has 0 spiro atoms. The van der Waals surface area contributed by atoms with Crippen molar-refractivity contribution in [3.63, 3.8) is 0 Å². The molecule has 1 amide bonds. The molecule has 2 aromatic rings. The third-order valence-electron chi connectivity index (χ3n) is 4.34. The van der Waals surface area contributed by atoms with Gasteiger partial charge in [0.1, 0.15) is 6.61 Å². The molecule has 154 valence electrons. The van der Waals surface area contributed by atoms with Gasteiger partial charge in [0, 0.05) is 18.7 Å². The molecule has 29 heavy (non-hydrogen) atoms. The Bertz CT molecular complexity index is 860. The van der Waals surface area contributed by atoms with E-state index in [1.54, 1.807) is 7.11 Å². The number of carbonyl (C=O) groups is 1. The number of rotatable bonds is 10. The van der Waals surface area contributed by atoms with E-state index in [2.05, 4.69) is 23.9 Å². The number of methoxy groups -OCH3 is 1. The van der Waals surface area contributed by atoms with Crippen molar-refractivity contribution in [1.29, 1.82) is 0 Å². The molecule has 0 saturated carbocycles. The van der Waals surface area contributed by atoms with Crippen LogP contribution in [0.4, 0.5) is 0 Å². The Morgan fingerprint density at radius 1 is 1.21 bits per heavy atom. The number of thiol groups is 1. The monoisotopic (exact) mass is 413 g/mol. The smallest absolute Gasteiger partial charge is 0.267 e. The summed E-state index contributed by atoms with van der Waals surface area (Å²) in [5.41, 5.74) is 2.79. The minimum Gasteiger partial charge on any atom is -0.493 e. The Hall–Kier alpha value is -2.62. The minimum absolute atomic E-state index is 0.173.